The molecule has 0 saturated heterocycles. The van der Waals surface area contributed by atoms with Crippen molar-refractivity contribution < 1.29 is 13.9 Å². The molecular weight excluding hydrogens is 484 g/mol. The number of amides is 1. The Morgan fingerprint density at radius 2 is 2.00 bits per heavy atom. The average molecular weight is 507 g/mol. The molecule has 33 heavy (non-hydrogen) atoms. The first kappa shape index (κ1) is 21.5. The summed E-state index contributed by atoms with van der Waals surface area (Å²) in [6.45, 7) is 4.90. The summed E-state index contributed by atoms with van der Waals surface area (Å²) in [7, 11) is 0. The van der Waals surface area contributed by atoms with E-state index in [1.54, 1.807) is 23.1 Å². The minimum atomic E-state index is -0.551. The standard InChI is InChI=1S/C26H23BrN2O4/c1-15(2)32-18-4-5-19-21(13-25(30)33-24(19)12-18)26(31)29-9-7-16(8-10-29)22-14-28-23-6-3-17(27)11-20(22)23/h3-7,11-15,28H,8-10H2,1-2H3. The van der Waals surface area contributed by atoms with Gasteiger partial charge in [-0.2, -0.15) is 0 Å². The van der Waals surface area contributed by atoms with Gasteiger partial charge in [-0.05, 0) is 56.2 Å². The van der Waals surface area contributed by atoms with Crippen LogP contribution in [0.15, 0.2) is 68.4 Å². The van der Waals surface area contributed by atoms with Crippen LogP contribution in [0.4, 0.5) is 0 Å². The van der Waals surface area contributed by atoms with Gasteiger partial charge in [-0.25, -0.2) is 4.79 Å². The Bertz CT molecular complexity index is 1460. The Morgan fingerprint density at radius 3 is 2.76 bits per heavy atom. The topological polar surface area (TPSA) is 75.5 Å². The summed E-state index contributed by atoms with van der Waals surface area (Å²) in [4.78, 5) is 30.6. The predicted molar refractivity (Wildman–Crippen MR) is 133 cm³/mol. The monoisotopic (exact) mass is 506 g/mol. The number of rotatable bonds is 4. The van der Waals surface area contributed by atoms with Gasteiger partial charge in [-0.15, -0.1) is 0 Å². The van der Waals surface area contributed by atoms with Crippen LogP contribution in [0.1, 0.15) is 36.2 Å². The van der Waals surface area contributed by atoms with E-state index >= 15 is 0 Å². The molecule has 0 bridgehead atoms. The van der Waals surface area contributed by atoms with Gasteiger partial charge in [0.25, 0.3) is 5.91 Å². The number of nitrogens with zero attached hydrogens (tertiary/aromatic N) is 1. The van der Waals surface area contributed by atoms with E-state index in [0.29, 0.717) is 35.4 Å². The molecule has 7 heteroatoms. The maximum Gasteiger partial charge on any atom is 0.337 e. The quantitative estimate of drug-likeness (QED) is 0.357. The lowest BCUT2D eigenvalue weighted by molar-refractivity contribution is 0.0774. The molecule has 0 atom stereocenters. The van der Waals surface area contributed by atoms with Crippen LogP contribution in [0.5, 0.6) is 5.75 Å². The van der Waals surface area contributed by atoms with Crippen LogP contribution in [0, 0.1) is 0 Å². The van der Waals surface area contributed by atoms with Crippen LogP contribution in [-0.4, -0.2) is 35.0 Å². The second-order valence-corrected chi connectivity index (χ2v) is 9.34. The SMILES string of the molecule is CC(C)Oc1ccc2c(C(=O)N3CC=C(c4c[nH]c5ccc(Br)cc45)CC3)cc(=O)oc2c1. The number of benzene rings is 2. The Morgan fingerprint density at radius 1 is 1.15 bits per heavy atom. The van der Waals surface area contributed by atoms with E-state index < -0.39 is 5.63 Å². The molecule has 1 aliphatic rings. The van der Waals surface area contributed by atoms with Crippen LogP contribution in [-0.2, 0) is 0 Å². The van der Waals surface area contributed by atoms with Gasteiger partial charge < -0.3 is 19.0 Å². The third kappa shape index (κ3) is 4.20. The van der Waals surface area contributed by atoms with Crippen LogP contribution in [0.25, 0.3) is 27.4 Å². The highest BCUT2D eigenvalue weighted by Crippen LogP contribution is 2.32. The molecule has 3 heterocycles. The van der Waals surface area contributed by atoms with Crippen LogP contribution in [0.3, 0.4) is 0 Å². The van der Waals surface area contributed by atoms with Crippen molar-refractivity contribution in [3.05, 3.63) is 80.8 Å². The zero-order chi connectivity index (χ0) is 23.1. The molecule has 1 aliphatic heterocycles. The Balaban J connectivity index is 1.43. The summed E-state index contributed by atoms with van der Waals surface area (Å²) in [5, 5.41) is 1.76. The highest BCUT2D eigenvalue weighted by Gasteiger charge is 2.23. The number of hydrogen-bond donors (Lipinski definition) is 1. The van der Waals surface area contributed by atoms with Gasteiger partial charge in [0, 0.05) is 57.7 Å². The van der Waals surface area contributed by atoms with Crippen molar-refractivity contribution in [2.75, 3.05) is 13.1 Å². The number of aromatic nitrogens is 1. The van der Waals surface area contributed by atoms with E-state index in [9.17, 15) is 9.59 Å². The van der Waals surface area contributed by atoms with Gasteiger partial charge in [0.05, 0.1) is 11.7 Å². The summed E-state index contributed by atoms with van der Waals surface area (Å²) in [6.07, 6.45) is 4.84. The number of carbonyl (C=O) groups is 1. The van der Waals surface area contributed by atoms with Crippen LogP contribution < -0.4 is 10.4 Å². The number of halogens is 1. The lowest BCUT2D eigenvalue weighted by atomic mass is 9.98. The van der Waals surface area contributed by atoms with Crippen molar-refractivity contribution in [1.82, 2.24) is 9.88 Å². The lowest BCUT2D eigenvalue weighted by Gasteiger charge is -2.27. The maximum absolute atomic E-state index is 13.4. The average Bonchev–Trinajstić information content (AvgIpc) is 3.20. The van der Waals surface area contributed by atoms with E-state index in [1.807, 2.05) is 32.2 Å². The largest absolute Gasteiger partial charge is 0.491 e. The van der Waals surface area contributed by atoms with Gasteiger partial charge >= 0.3 is 5.63 Å². The summed E-state index contributed by atoms with van der Waals surface area (Å²) in [6, 6.07) is 12.7. The zero-order valence-electron chi connectivity index (χ0n) is 18.4. The van der Waals surface area contributed by atoms with Crippen molar-refractivity contribution in [2.45, 2.75) is 26.4 Å². The Kier molecular flexibility index (Phi) is 5.58. The third-order valence-electron chi connectivity index (χ3n) is 5.80. The normalized spacial score (nSPS) is 14.2. The molecule has 4 aromatic rings. The molecule has 1 amide bonds. The third-order valence-corrected chi connectivity index (χ3v) is 6.30. The first-order valence-electron chi connectivity index (χ1n) is 10.9. The maximum atomic E-state index is 13.4. The molecular formula is C26H23BrN2O4. The number of aromatic amines is 1. The fourth-order valence-corrected chi connectivity index (χ4v) is 4.65. The van der Waals surface area contributed by atoms with Gasteiger partial charge in [0.2, 0.25) is 0 Å². The molecule has 1 N–H and O–H groups in total. The number of nitrogens with one attached hydrogen (secondary N) is 1. The molecule has 5 rings (SSSR count). The molecule has 0 spiro atoms. The Labute approximate surface area is 199 Å². The van der Waals surface area contributed by atoms with Crippen molar-refractivity contribution in [1.29, 1.82) is 0 Å². The van der Waals surface area contributed by atoms with E-state index in [2.05, 4.69) is 33.1 Å². The number of H-pyrrole nitrogens is 1. The van der Waals surface area contributed by atoms with E-state index in [-0.39, 0.29) is 12.0 Å². The smallest absolute Gasteiger partial charge is 0.337 e. The van der Waals surface area contributed by atoms with Gasteiger partial charge in [-0.1, -0.05) is 22.0 Å². The lowest BCUT2D eigenvalue weighted by Crippen LogP contribution is -2.35. The van der Waals surface area contributed by atoms with Gasteiger partial charge in [0.15, 0.2) is 0 Å². The predicted octanol–water partition coefficient (Wildman–Crippen LogP) is 5.75. The highest BCUT2D eigenvalue weighted by atomic mass is 79.9. The van der Waals surface area contributed by atoms with Crippen LogP contribution in [0.2, 0.25) is 0 Å². The summed E-state index contributed by atoms with van der Waals surface area (Å²) >= 11 is 3.54. The van der Waals surface area contributed by atoms with Crippen LogP contribution >= 0.6 is 15.9 Å². The number of ether oxygens (including phenoxy) is 1. The number of carbonyl (C=O) groups excluding carboxylic acids is 1. The van der Waals surface area contributed by atoms with Gasteiger partial charge in [-0.3, -0.25) is 4.79 Å². The number of hydrogen-bond acceptors (Lipinski definition) is 4. The molecule has 2 aromatic heterocycles. The van der Waals surface area contributed by atoms with Crippen molar-refractivity contribution in [3.8, 4) is 5.75 Å². The van der Waals surface area contributed by atoms with Crippen molar-refractivity contribution in [2.24, 2.45) is 0 Å². The highest BCUT2D eigenvalue weighted by molar-refractivity contribution is 9.10. The summed E-state index contributed by atoms with van der Waals surface area (Å²) < 4.78 is 12.1. The molecule has 6 nitrogen and oxygen atoms in total. The first-order chi connectivity index (χ1) is 15.9. The number of fused-ring (bicyclic) bond motifs is 2. The second-order valence-electron chi connectivity index (χ2n) is 8.43. The molecule has 168 valence electrons. The van der Waals surface area contributed by atoms with Crippen molar-refractivity contribution >= 4 is 49.3 Å². The molecule has 0 radical (unpaired) electrons. The molecule has 2 aromatic carbocycles. The van der Waals surface area contributed by atoms with Crippen molar-refractivity contribution in [3.63, 3.8) is 0 Å². The summed E-state index contributed by atoms with van der Waals surface area (Å²) in [5.41, 5.74) is 3.59. The first-order valence-corrected chi connectivity index (χ1v) is 11.7. The zero-order valence-corrected chi connectivity index (χ0v) is 19.9. The van der Waals surface area contributed by atoms with E-state index in [4.69, 9.17) is 9.15 Å². The second kappa shape index (κ2) is 8.56. The molecule has 0 unspecified atom stereocenters. The summed E-state index contributed by atoms with van der Waals surface area (Å²) in [5.74, 6) is 0.420. The minimum Gasteiger partial charge on any atom is -0.491 e. The van der Waals surface area contributed by atoms with E-state index in [0.717, 1.165) is 27.4 Å². The van der Waals surface area contributed by atoms with E-state index in [1.165, 1.54) is 11.6 Å². The van der Waals surface area contributed by atoms with Gasteiger partial charge in [0.1, 0.15) is 11.3 Å². The fraction of sp³-hybridized carbons (Fsp3) is 0.231. The fourth-order valence-electron chi connectivity index (χ4n) is 4.29. The molecule has 0 aliphatic carbocycles. The molecule has 0 fully saturated rings. The molecule has 0 saturated carbocycles. The Hall–Kier alpha value is -3.32. The minimum absolute atomic E-state index is 0.00780.